The van der Waals surface area contributed by atoms with Gasteiger partial charge in [-0.05, 0) is 31.2 Å². The third-order valence-corrected chi connectivity index (χ3v) is 6.51. The van der Waals surface area contributed by atoms with Crippen LogP contribution in [-0.2, 0) is 10.0 Å². The van der Waals surface area contributed by atoms with Crippen molar-refractivity contribution in [3.8, 4) is 11.4 Å². The summed E-state index contributed by atoms with van der Waals surface area (Å²) >= 11 is 5.03. The Bertz CT molecular complexity index is 1560. The van der Waals surface area contributed by atoms with Gasteiger partial charge in [0, 0.05) is 17.7 Å². The van der Waals surface area contributed by atoms with Crippen LogP contribution < -0.4 is 11.4 Å². The number of nitro benzene ring substituents is 1. The van der Waals surface area contributed by atoms with Crippen molar-refractivity contribution in [2.24, 2.45) is 5.73 Å². The van der Waals surface area contributed by atoms with E-state index in [0.717, 1.165) is 5.56 Å². The number of nitrogens with one attached hydrogen (secondary N) is 1. The molecule has 0 radical (unpaired) electrons. The summed E-state index contributed by atoms with van der Waals surface area (Å²) < 4.78 is 27.0. The summed E-state index contributed by atoms with van der Waals surface area (Å²) in [6, 6.07) is 11.2. The van der Waals surface area contributed by atoms with E-state index in [2.05, 4.69) is 15.0 Å². The lowest BCUT2D eigenvalue weighted by atomic mass is 10.2. The molecule has 0 aliphatic carbocycles. The van der Waals surface area contributed by atoms with Gasteiger partial charge in [-0.25, -0.2) is 23.2 Å². The van der Waals surface area contributed by atoms with E-state index in [1.807, 2.05) is 0 Å². The zero-order valence-electron chi connectivity index (χ0n) is 16.3. The molecule has 2 aromatic carbocycles. The molecule has 2 heterocycles. The Balaban J connectivity index is 2.00. The normalized spacial score (nSPS) is 11.5. The number of nitrogens with zero attached hydrogens (tertiary/aromatic N) is 4. The number of H-pyrrole nitrogens is 1. The van der Waals surface area contributed by atoms with Crippen LogP contribution in [0.1, 0.15) is 11.3 Å². The molecule has 0 aliphatic heterocycles. The number of nitrogens with two attached hydrogens (primary N) is 1. The number of rotatable bonds is 5. The summed E-state index contributed by atoms with van der Waals surface area (Å²) in [6.07, 6.45) is 0. The predicted molar refractivity (Wildman–Crippen MR) is 120 cm³/mol. The number of nitro groups is 1. The maximum Gasteiger partial charge on any atom is 0.342 e. The molecule has 3 N–H and O–H groups in total. The molecule has 0 atom stereocenters. The number of hydrogen-bond acceptors (Lipinski definition) is 8. The van der Waals surface area contributed by atoms with Crippen LogP contribution in [0, 0.1) is 17.0 Å². The van der Waals surface area contributed by atoms with Gasteiger partial charge in [-0.1, -0.05) is 29.9 Å². The van der Waals surface area contributed by atoms with Gasteiger partial charge >= 0.3 is 5.69 Å². The fraction of sp³-hybridized carbons (Fsp3) is 0.0526. The number of hydrogen-bond donors (Lipinski definition) is 2. The van der Waals surface area contributed by atoms with Crippen molar-refractivity contribution in [2.45, 2.75) is 11.8 Å². The molecule has 0 fully saturated rings. The van der Waals surface area contributed by atoms with E-state index in [9.17, 15) is 23.3 Å². The number of non-ortho nitro benzene ring substituents is 1. The zero-order chi connectivity index (χ0) is 23.2. The van der Waals surface area contributed by atoms with Crippen LogP contribution in [0.5, 0.6) is 0 Å². The first-order valence-corrected chi connectivity index (χ1v) is 10.8. The first-order chi connectivity index (χ1) is 15.1. The number of aromatic nitrogens is 4. The SMILES string of the molecule is Cc1ccc(S(=O)(=O)n2c(=O)[nH]c3c(C(N)=S)nc(-c4ccc([N+](=O)[O-])cc4)nc32)cc1. The Morgan fingerprint density at radius 3 is 2.31 bits per heavy atom. The largest absolute Gasteiger partial charge is 0.388 e. The Morgan fingerprint density at radius 1 is 1.12 bits per heavy atom. The minimum atomic E-state index is -4.32. The van der Waals surface area contributed by atoms with Gasteiger partial charge in [0.2, 0.25) is 0 Å². The summed E-state index contributed by atoms with van der Waals surface area (Å²) in [6.45, 7) is 1.80. The van der Waals surface area contributed by atoms with E-state index in [-0.39, 0.29) is 38.3 Å². The highest BCUT2D eigenvalue weighted by atomic mass is 32.2. The lowest BCUT2D eigenvalue weighted by Gasteiger charge is -2.08. The van der Waals surface area contributed by atoms with Crippen LogP contribution in [-0.4, -0.2) is 37.3 Å². The number of thiocarbonyl (C=S) groups is 1. The number of aryl methyl sites for hydroxylation is 1. The molecule has 4 rings (SSSR count). The smallest absolute Gasteiger partial charge is 0.342 e. The van der Waals surface area contributed by atoms with Crippen molar-refractivity contribution in [1.82, 2.24) is 18.9 Å². The number of fused-ring (bicyclic) bond motifs is 1. The molecule has 32 heavy (non-hydrogen) atoms. The summed E-state index contributed by atoms with van der Waals surface area (Å²) in [5.74, 6) is -0.0120. The summed E-state index contributed by atoms with van der Waals surface area (Å²) in [7, 11) is -4.32. The third kappa shape index (κ3) is 3.52. The van der Waals surface area contributed by atoms with Crippen LogP contribution in [0.4, 0.5) is 5.69 Å². The van der Waals surface area contributed by atoms with Gasteiger partial charge in [-0.3, -0.25) is 10.1 Å². The van der Waals surface area contributed by atoms with Crippen molar-refractivity contribution in [2.75, 3.05) is 0 Å². The van der Waals surface area contributed by atoms with E-state index in [1.165, 1.54) is 36.4 Å². The number of imidazole rings is 1. The first-order valence-electron chi connectivity index (χ1n) is 8.99. The molecule has 0 spiro atoms. The summed E-state index contributed by atoms with van der Waals surface area (Å²) in [5.41, 5.74) is 5.50. The Kier molecular flexibility index (Phi) is 5.06. The van der Waals surface area contributed by atoms with Crippen LogP contribution in [0.2, 0.25) is 0 Å². The second-order valence-electron chi connectivity index (χ2n) is 6.78. The highest BCUT2D eigenvalue weighted by molar-refractivity contribution is 7.90. The van der Waals surface area contributed by atoms with Gasteiger partial charge < -0.3 is 10.7 Å². The molecular formula is C19H14N6O5S2. The minimum absolute atomic E-state index is 0.0120. The first kappa shape index (κ1) is 21.3. The molecule has 2 aromatic heterocycles. The molecule has 0 saturated carbocycles. The van der Waals surface area contributed by atoms with Gasteiger partial charge in [0.25, 0.3) is 15.7 Å². The van der Waals surface area contributed by atoms with Crippen LogP contribution in [0.3, 0.4) is 0 Å². The fourth-order valence-corrected chi connectivity index (χ4v) is 4.51. The van der Waals surface area contributed by atoms with E-state index in [4.69, 9.17) is 18.0 Å². The van der Waals surface area contributed by atoms with Crippen LogP contribution in [0.25, 0.3) is 22.6 Å². The van der Waals surface area contributed by atoms with Crippen LogP contribution >= 0.6 is 12.2 Å². The maximum atomic E-state index is 13.2. The molecule has 0 bridgehead atoms. The van der Waals surface area contributed by atoms with Gasteiger partial charge in [0.05, 0.1) is 9.82 Å². The van der Waals surface area contributed by atoms with Crippen molar-refractivity contribution in [3.05, 3.63) is 80.4 Å². The lowest BCUT2D eigenvalue weighted by molar-refractivity contribution is -0.384. The molecule has 0 amide bonds. The topological polar surface area (TPSA) is 167 Å². The predicted octanol–water partition coefficient (Wildman–Crippen LogP) is 1.87. The highest BCUT2D eigenvalue weighted by Crippen LogP contribution is 2.24. The van der Waals surface area contributed by atoms with E-state index in [1.54, 1.807) is 19.1 Å². The summed E-state index contributed by atoms with van der Waals surface area (Å²) in [5, 5.41) is 10.9. The summed E-state index contributed by atoms with van der Waals surface area (Å²) in [4.78, 5) is 33.6. The molecular weight excluding hydrogens is 456 g/mol. The van der Waals surface area contributed by atoms with Crippen LogP contribution in [0.15, 0.2) is 58.2 Å². The van der Waals surface area contributed by atoms with Crippen molar-refractivity contribution in [1.29, 1.82) is 0 Å². The Labute approximate surface area is 185 Å². The average Bonchev–Trinajstić information content (AvgIpc) is 3.09. The number of aromatic amines is 1. The average molecular weight is 470 g/mol. The van der Waals surface area contributed by atoms with Gasteiger partial charge in [0.1, 0.15) is 16.2 Å². The van der Waals surface area contributed by atoms with Gasteiger partial charge in [0.15, 0.2) is 11.5 Å². The van der Waals surface area contributed by atoms with Crippen molar-refractivity contribution >= 4 is 44.1 Å². The molecule has 11 nitrogen and oxygen atoms in total. The van der Waals surface area contributed by atoms with Gasteiger partial charge in [-0.2, -0.15) is 3.97 Å². The molecule has 4 aromatic rings. The van der Waals surface area contributed by atoms with E-state index in [0.29, 0.717) is 9.54 Å². The fourth-order valence-electron chi connectivity index (χ4n) is 3.04. The number of benzene rings is 2. The van der Waals surface area contributed by atoms with E-state index >= 15 is 0 Å². The third-order valence-electron chi connectivity index (χ3n) is 4.63. The highest BCUT2D eigenvalue weighted by Gasteiger charge is 2.26. The Morgan fingerprint density at radius 2 is 1.75 bits per heavy atom. The zero-order valence-corrected chi connectivity index (χ0v) is 18.0. The van der Waals surface area contributed by atoms with Crippen molar-refractivity contribution < 1.29 is 13.3 Å². The molecule has 162 valence electrons. The standard InChI is InChI=1S/C19H14N6O5S2/c1-10-2-8-13(9-3-10)32(29,30)24-18-15(22-19(24)26)14(16(20)31)21-17(23-18)11-4-6-12(7-5-11)25(27)28/h2-9H,1H3,(H2,20,31)(H,22,26). The minimum Gasteiger partial charge on any atom is -0.388 e. The second-order valence-corrected chi connectivity index (χ2v) is 9.00. The monoisotopic (exact) mass is 470 g/mol. The molecule has 0 aliphatic rings. The molecule has 0 unspecified atom stereocenters. The second kappa shape index (κ2) is 7.62. The van der Waals surface area contributed by atoms with Gasteiger partial charge in [-0.15, -0.1) is 0 Å². The van der Waals surface area contributed by atoms with E-state index < -0.39 is 20.6 Å². The Hall–Kier alpha value is -3.97. The molecule has 0 saturated heterocycles. The van der Waals surface area contributed by atoms with Crippen molar-refractivity contribution in [3.63, 3.8) is 0 Å². The molecule has 13 heteroatoms. The quantitative estimate of drug-likeness (QED) is 0.251. The lowest BCUT2D eigenvalue weighted by Crippen LogP contribution is -2.25. The maximum absolute atomic E-state index is 13.2.